The van der Waals surface area contributed by atoms with E-state index in [1.54, 1.807) is 0 Å². The minimum atomic E-state index is -0.181. The van der Waals surface area contributed by atoms with Crippen molar-refractivity contribution < 1.29 is 4.79 Å². The average molecular weight is 364 g/mol. The van der Waals surface area contributed by atoms with E-state index in [4.69, 9.17) is 0 Å². The Balaban J connectivity index is 0.00000225. The number of halogens is 1. The van der Waals surface area contributed by atoms with Crippen molar-refractivity contribution in [2.45, 2.75) is 44.6 Å². The fourth-order valence-electron chi connectivity index (χ4n) is 3.08. The molecular formula is C18H26ClN5O. The third-order valence-corrected chi connectivity index (χ3v) is 4.41. The monoisotopic (exact) mass is 363 g/mol. The summed E-state index contributed by atoms with van der Waals surface area (Å²) in [5, 5.41) is 14.8. The number of hydrogen-bond acceptors (Lipinski definition) is 4. The number of benzene rings is 1. The molecule has 7 heteroatoms. The van der Waals surface area contributed by atoms with E-state index in [-0.39, 0.29) is 18.3 Å². The largest absolute Gasteiger partial charge is 0.349 e. The molecule has 1 aliphatic rings. The number of carbonyl (C=O) groups excluding carboxylic acids is 1. The van der Waals surface area contributed by atoms with Crippen molar-refractivity contribution in [3.05, 3.63) is 42.2 Å². The molecule has 1 aromatic carbocycles. The minimum Gasteiger partial charge on any atom is -0.349 e. The molecule has 1 heterocycles. The summed E-state index contributed by atoms with van der Waals surface area (Å²) in [4.78, 5) is 13.6. The van der Waals surface area contributed by atoms with E-state index in [9.17, 15) is 4.79 Å². The molecule has 0 bridgehead atoms. The van der Waals surface area contributed by atoms with Crippen LogP contribution in [-0.4, -0.2) is 40.0 Å². The van der Waals surface area contributed by atoms with Gasteiger partial charge in [-0.15, -0.1) is 17.5 Å². The molecule has 2 N–H and O–H groups in total. The van der Waals surface area contributed by atoms with Crippen LogP contribution in [0.15, 0.2) is 36.5 Å². The Morgan fingerprint density at radius 3 is 2.52 bits per heavy atom. The van der Waals surface area contributed by atoms with Crippen LogP contribution in [-0.2, 0) is 0 Å². The molecule has 3 rings (SSSR count). The summed E-state index contributed by atoms with van der Waals surface area (Å²) in [7, 11) is 0. The van der Waals surface area contributed by atoms with Crippen molar-refractivity contribution in [1.29, 1.82) is 0 Å². The van der Waals surface area contributed by atoms with E-state index < -0.39 is 0 Å². The molecule has 1 amide bonds. The van der Waals surface area contributed by atoms with E-state index in [0.29, 0.717) is 18.3 Å². The van der Waals surface area contributed by atoms with Gasteiger partial charge in [0.1, 0.15) is 0 Å². The van der Waals surface area contributed by atoms with Crippen molar-refractivity contribution in [2.24, 2.45) is 0 Å². The number of carbonyl (C=O) groups is 1. The summed E-state index contributed by atoms with van der Waals surface area (Å²) in [6.45, 7) is 1.40. The SMILES string of the molecule is Cl.O=C(NCCNC1CCCCCC1)c1cnn(-c2ccccc2)n1. The number of aromatic nitrogens is 3. The normalized spacial score (nSPS) is 15.2. The van der Waals surface area contributed by atoms with Gasteiger partial charge in [-0.3, -0.25) is 4.79 Å². The smallest absolute Gasteiger partial charge is 0.273 e. The molecule has 1 saturated carbocycles. The summed E-state index contributed by atoms with van der Waals surface area (Å²) < 4.78 is 0. The Hall–Kier alpha value is -1.92. The summed E-state index contributed by atoms with van der Waals surface area (Å²) in [6.07, 6.45) is 9.33. The summed E-state index contributed by atoms with van der Waals surface area (Å²) in [5.41, 5.74) is 1.18. The van der Waals surface area contributed by atoms with Crippen LogP contribution in [0.2, 0.25) is 0 Å². The van der Waals surface area contributed by atoms with Gasteiger partial charge in [0.2, 0.25) is 0 Å². The highest BCUT2D eigenvalue weighted by atomic mass is 35.5. The van der Waals surface area contributed by atoms with Crippen molar-refractivity contribution in [3.8, 4) is 5.69 Å². The Morgan fingerprint density at radius 2 is 1.80 bits per heavy atom. The first kappa shape index (κ1) is 19.4. The van der Waals surface area contributed by atoms with Gasteiger partial charge in [-0.2, -0.15) is 9.90 Å². The predicted molar refractivity (Wildman–Crippen MR) is 100 cm³/mol. The molecule has 136 valence electrons. The zero-order valence-corrected chi connectivity index (χ0v) is 15.2. The van der Waals surface area contributed by atoms with E-state index in [1.165, 1.54) is 49.5 Å². The van der Waals surface area contributed by atoms with Crippen LogP contribution in [0.5, 0.6) is 0 Å². The van der Waals surface area contributed by atoms with Crippen LogP contribution in [0.3, 0.4) is 0 Å². The van der Waals surface area contributed by atoms with Gasteiger partial charge in [-0.05, 0) is 25.0 Å². The fraction of sp³-hybridized carbons (Fsp3) is 0.500. The lowest BCUT2D eigenvalue weighted by Crippen LogP contribution is -2.37. The van der Waals surface area contributed by atoms with Gasteiger partial charge in [0.15, 0.2) is 5.69 Å². The molecular weight excluding hydrogens is 338 g/mol. The van der Waals surface area contributed by atoms with E-state index in [0.717, 1.165) is 12.2 Å². The molecule has 2 aromatic rings. The summed E-state index contributed by atoms with van der Waals surface area (Å²) in [5.74, 6) is -0.181. The third-order valence-electron chi connectivity index (χ3n) is 4.41. The maximum Gasteiger partial charge on any atom is 0.273 e. The maximum atomic E-state index is 12.1. The second-order valence-corrected chi connectivity index (χ2v) is 6.25. The van der Waals surface area contributed by atoms with Crippen molar-refractivity contribution >= 4 is 18.3 Å². The maximum absolute atomic E-state index is 12.1. The highest BCUT2D eigenvalue weighted by molar-refractivity contribution is 5.91. The van der Waals surface area contributed by atoms with Crippen molar-refractivity contribution in [2.75, 3.05) is 13.1 Å². The summed E-state index contributed by atoms with van der Waals surface area (Å²) >= 11 is 0. The van der Waals surface area contributed by atoms with Gasteiger partial charge in [-0.25, -0.2) is 0 Å². The van der Waals surface area contributed by atoms with Gasteiger partial charge in [0.25, 0.3) is 5.91 Å². The molecule has 6 nitrogen and oxygen atoms in total. The van der Waals surface area contributed by atoms with Gasteiger partial charge < -0.3 is 10.6 Å². The first-order valence-electron chi connectivity index (χ1n) is 8.82. The van der Waals surface area contributed by atoms with Crippen LogP contribution in [0.1, 0.15) is 49.0 Å². The van der Waals surface area contributed by atoms with Crippen LogP contribution in [0.4, 0.5) is 0 Å². The summed E-state index contributed by atoms with van der Waals surface area (Å²) in [6, 6.07) is 10.2. The standard InChI is InChI=1S/C18H25N5O.ClH/c24-18(20-13-12-19-15-8-4-1-2-5-9-15)17-14-21-23(22-17)16-10-6-3-7-11-16;/h3,6-7,10-11,14-15,19H,1-2,4-5,8-9,12-13H2,(H,20,24);1H. The molecule has 0 aliphatic heterocycles. The van der Waals surface area contributed by atoms with Gasteiger partial charge in [0, 0.05) is 19.1 Å². The Bertz CT molecular complexity index is 638. The molecule has 1 aliphatic carbocycles. The first-order chi connectivity index (χ1) is 11.8. The van der Waals surface area contributed by atoms with Crippen molar-refractivity contribution in [3.63, 3.8) is 0 Å². The Labute approximate surface area is 154 Å². The predicted octanol–water partition coefficient (Wildman–Crippen LogP) is 2.73. The zero-order chi connectivity index (χ0) is 16.6. The van der Waals surface area contributed by atoms with Gasteiger partial charge >= 0.3 is 0 Å². The quantitative estimate of drug-likeness (QED) is 0.611. The Morgan fingerprint density at radius 1 is 1.08 bits per heavy atom. The lowest BCUT2D eigenvalue weighted by molar-refractivity contribution is 0.0948. The van der Waals surface area contributed by atoms with Crippen LogP contribution >= 0.6 is 12.4 Å². The molecule has 0 atom stereocenters. The lowest BCUT2D eigenvalue weighted by Gasteiger charge is -2.16. The third kappa shape index (κ3) is 5.83. The van der Waals surface area contributed by atoms with Crippen LogP contribution in [0.25, 0.3) is 5.69 Å². The van der Waals surface area contributed by atoms with E-state index >= 15 is 0 Å². The number of nitrogens with one attached hydrogen (secondary N) is 2. The van der Waals surface area contributed by atoms with Crippen molar-refractivity contribution in [1.82, 2.24) is 25.6 Å². The molecule has 1 fully saturated rings. The van der Waals surface area contributed by atoms with Crippen LogP contribution < -0.4 is 10.6 Å². The molecule has 0 saturated heterocycles. The van der Waals surface area contributed by atoms with E-state index in [2.05, 4.69) is 20.8 Å². The Kier molecular flexibility index (Phi) is 7.88. The number of rotatable bonds is 6. The highest BCUT2D eigenvalue weighted by Gasteiger charge is 2.13. The number of hydrogen-bond donors (Lipinski definition) is 2. The molecule has 0 spiro atoms. The van der Waals surface area contributed by atoms with Gasteiger partial charge in [-0.1, -0.05) is 43.9 Å². The topological polar surface area (TPSA) is 71.8 Å². The fourth-order valence-corrected chi connectivity index (χ4v) is 3.08. The number of nitrogens with zero attached hydrogens (tertiary/aromatic N) is 3. The zero-order valence-electron chi connectivity index (χ0n) is 14.4. The highest BCUT2D eigenvalue weighted by Crippen LogP contribution is 2.16. The molecule has 1 aromatic heterocycles. The van der Waals surface area contributed by atoms with Crippen LogP contribution in [0, 0.1) is 0 Å². The van der Waals surface area contributed by atoms with Gasteiger partial charge in [0.05, 0.1) is 11.9 Å². The number of para-hydroxylation sites is 1. The lowest BCUT2D eigenvalue weighted by atomic mass is 10.1. The van der Waals surface area contributed by atoms with E-state index in [1.807, 2.05) is 30.3 Å². The number of amides is 1. The second-order valence-electron chi connectivity index (χ2n) is 6.25. The molecule has 0 unspecified atom stereocenters. The molecule has 25 heavy (non-hydrogen) atoms. The molecule has 0 radical (unpaired) electrons. The average Bonchev–Trinajstić information content (AvgIpc) is 2.97. The minimum absolute atomic E-state index is 0. The first-order valence-corrected chi connectivity index (χ1v) is 8.82. The second kappa shape index (κ2) is 10.2.